The molecule has 0 bridgehead atoms. The maximum atomic E-state index is 5.03. The molecule has 0 unspecified atom stereocenters. The minimum absolute atomic E-state index is 0. The number of likely N-dealkylation sites (N-methyl/N-ethyl adjacent to an activating group) is 1. The lowest BCUT2D eigenvalue weighted by Gasteiger charge is -2.31. The highest BCUT2D eigenvalue weighted by atomic mass is 127. The van der Waals surface area contributed by atoms with Gasteiger partial charge in [-0.3, -0.25) is 0 Å². The predicted molar refractivity (Wildman–Crippen MR) is 46.8 cm³/mol. The van der Waals surface area contributed by atoms with Crippen LogP contribution >= 0.6 is 0 Å². The first kappa shape index (κ1) is 14.2. The summed E-state index contributed by atoms with van der Waals surface area (Å²) < 4.78 is 6.14. The van der Waals surface area contributed by atoms with Gasteiger partial charge in [0.1, 0.15) is 6.54 Å². The molecule has 0 aliphatic rings. The highest BCUT2D eigenvalue weighted by Gasteiger charge is 2.14. The molecule has 0 aromatic heterocycles. The molecule has 0 rings (SSSR count). The Balaban J connectivity index is 0. The van der Waals surface area contributed by atoms with Crippen molar-refractivity contribution in [1.82, 2.24) is 0 Å². The number of ether oxygens (including phenoxy) is 1. The van der Waals surface area contributed by atoms with Crippen LogP contribution < -0.4 is 24.0 Å². The van der Waals surface area contributed by atoms with E-state index in [1.807, 2.05) is 0 Å². The zero-order valence-electron chi connectivity index (χ0n) is 8.13. The first-order valence-electron chi connectivity index (χ1n) is 4.01. The van der Waals surface area contributed by atoms with Crippen LogP contribution in [0.4, 0.5) is 0 Å². The van der Waals surface area contributed by atoms with Crippen LogP contribution in [0.15, 0.2) is 0 Å². The third-order valence-corrected chi connectivity index (χ3v) is 2.36. The van der Waals surface area contributed by atoms with E-state index < -0.39 is 0 Å². The van der Waals surface area contributed by atoms with E-state index in [-0.39, 0.29) is 24.0 Å². The van der Waals surface area contributed by atoms with Crippen molar-refractivity contribution in [3.63, 3.8) is 0 Å². The van der Waals surface area contributed by atoms with Gasteiger partial charge in [0, 0.05) is 7.11 Å². The van der Waals surface area contributed by atoms with Crippen LogP contribution in [0.3, 0.4) is 0 Å². The minimum atomic E-state index is 0. The van der Waals surface area contributed by atoms with Gasteiger partial charge in [-0.15, -0.1) is 0 Å². The second kappa shape index (κ2) is 7.31. The molecule has 11 heavy (non-hydrogen) atoms. The normalized spacial score (nSPS) is 10.9. The molecule has 0 aliphatic carbocycles. The van der Waals surface area contributed by atoms with Gasteiger partial charge in [-0.25, -0.2) is 0 Å². The van der Waals surface area contributed by atoms with Gasteiger partial charge in [0.2, 0.25) is 24.0 Å². The molecule has 0 atom stereocenters. The smallest absolute Gasteiger partial charge is 0.235 e. The molecule has 0 N–H and O–H groups in total. The third-order valence-electron chi connectivity index (χ3n) is 2.36. The Morgan fingerprint density at radius 2 is 1.64 bits per heavy atom. The summed E-state index contributed by atoms with van der Waals surface area (Å²) in [6.45, 7) is 8.83. The lowest BCUT2D eigenvalue weighted by atomic mass is 10.4. The van der Waals surface area contributed by atoms with Gasteiger partial charge in [0.15, 0.2) is 0 Å². The minimum Gasteiger partial charge on any atom is -0.379 e. The highest BCUT2D eigenvalue weighted by molar-refractivity contribution is 4.32. The second-order valence-corrected chi connectivity index (χ2v) is 2.97. The Kier molecular flexibility index (Phi) is 9.43. The van der Waals surface area contributed by atoms with Crippen molar-refractivity contribution >= 4 is 0 Å². The number of rotatable bonds is 5. The lowest BCUT2D eigenvalue weighted by molar-refractivity contribution is -0.906. The Morgan fingerprint density at radius 1 is 1.18 bits per heavy atom. The average Bonchev–Trinajstić information content (AvgIpc) is 2.00. The van der Waals surface area contributed by atoms with E-state index in [4.69, 9.17) is 4.74 Å². The van der Waals surface area contributed by atoms with Gasteiger partial charge in [-0.2, -0.15) is 0 Å². The fourth-order valence-corrected chi connectivity index (χ4v) is 0.852. The van der Waals surface area contributed by atoms with Crippen molar-refractivity contribution < 1.29 is 33.2 Å². The fraction of sp³-hybridized carbons (Fsp3) is 1.00. The maximum Gasteiger partial charge on any atom is 0.235 e. The van der Waals surface area contributed by atoms with Gasteiger partial charge >= 0.3 is 0 Å². The Bertz CT molecular complexity index is 84.2. The van der Waals surface area contributed by atoms with Crippen molar-refractivity contribution in [1.29, 1.82) is 0 Å². The van der Waals surface area contributed by atoms with Gasteiger partial charge in [-0.05, 0) is 13.8 Å². The molecule has 70 valence electrons. The van der Waals surface area contributed by atoms with Gasteiger partial charge < -0.3 is 9.22 Å². The van der Waals surface area contributed by atoms with Crippen molar-refractivity contribution in [2.45, 2.75) is 13.8 Å². The summed E-state index contributed by atoms with van der Waals surface area (Å²) in [6, 6.07) is 0. The molecule has 0 saturated carbocycles. The first-order chi connectivity index (χ1) is 4.68. The SMILES string of the molecule is CC[N+](C)(CC)CCOC.[IH2+]. The Hall–Kier alpha value is 0.650. The summed E-state index contributed by atoms with van der Waals surface area (Å²) in [6.07, 6.45) is 0. The standard InChI is InChI=1S/C8H20NO.H2I/c1-5-9(3,6-2)7-8-10-4;/h5-8H2,1-4H3;1H2/q2*+1. The molecular formula is C8H22INO+2. The van der Waals surface area contributed by atoms with Crippen molar-refractivity contribution in [3.8, 4) is 0 Å². The average molecular weight is 275 g/mol. The molecule has 0 radical (unpaired) electrons. The number of hydrogen-bond donors (Lipinski definition) is 0. The van der Waals surface area contributed by atoms with Crippen LogP contribution in [0.25, 0.3) is 0 Å². The Labute approximate surface area is 87.5 Å². The van der Waals surface area contributed by atoms with Crippen LogP contribution in [0, 0.1) is 0 Å². The molecule has 0 saturated heterocycles. The van der Waals surface area contributed by atoms with E-state index >= 15 is 0 Å². The van der Waals surface area contributed by atoms with Gasteiger partial charge in [-0.1, -0.05) is 0 Å². The van der Waals surface area contributed by atoms with Crippen LogP contribution in [0.5, 0.6) is 0 Å². The zero-order chi connectivity index (χ0) is 8.04. The monoisotopic (exact) mass is 275 g/mol. The van der Waals surface area contributed by atoms with Crippen molar-refractivity contribution in [2.24, 2.45) is 0 Å². The molecule has 0 aliphatic heterocycles. The number of hydrogen-bond acceptors (Lipinski definition) is 1. The number of methoxy groups -OCH3 is 1. The van der Waals surface area contributed by atoms with Crippen molar-refractivity contribution in [3.05, 3.63) is 0 Å². The molecule has 0 aromatic carbocycles. The molecule has 0 aromatic rings. The third kappa shape index (κ3) is 5.87. The van der Waals surface area contributed by atoms with E-state index in [0.29, 0.717) is 0 Å². The van der Waals surface area contributed by atoms with E-state index in [1.165, 1.54) is 13.1 Å². The Morgan fingerprint density at radius 3 is 1.91 bits per heavy atom. The molecule has 2 nitrogen and oxygen atoms in total. The fourth-order valence-electron chi connectivity index (χ4n) is 0.852. The van der Waals surface area contributed by atoms with Gasteiger partial charge in [0.25, 0.3) is 0 Å². The summed E-state index contributed by atoms with van der Waals surface area (Å²) in [5, 5.41) is 0. The summed E-state index contributed by atoms with van der Waals surface area (Å²) in [4.78, 5) is 0. The van der Waals surface area contributed by atoms with Crippen LogP contribution in [0.1, 0.15) is 13.8 Å². The molecule has 0 fully saturated rings. The molecule has 0 amide bonds. The zero-order valence-corrected chi connectivity index (χ0v) is 10.7. The maximum absolute atomic E-state index is 5.03. The quantitative estimate of drug-likeness (QED) is 0.401. The van der Waals surface area contributed by atoms with E-state index in [1.54, 1.807) is 7.11 Å². The highest BCUT2D eigenvalue weighted by Crippen LogP contribution is 1.99. The molecule has 0 spiro atoms. The van der Waals surface area contributed by atoms with E-state index in [0.717, 1.165) is 17.6 Å². The predicted octanol–water partition coefficient (Wildman–Crippen LogP) is -2.41. The van der Waals surface area contributed by atoms with Gasteiger partial charge in [0.05, 0.1) is 26.7 Å². The van der Waals surface area contributed by atoms with E-state index in [2.05, 4.69) is 20.9 Å². The molecular weight excluding hydrogens is 253 g/mol. The largest absolute Gasteiger partial charge is 0.379 e. The molecule has 0 heterocycles. The lowest BCUT2D eigenvalue weighted by Crippen LogP contribution is -3.00. The summed E-state index contributed by atoms with van der Waals surface area (Å²) >= 11 is 0. The van der Waals surface area contributed by atoms with E-state index in [9.17, 15) is 0 Å². The number of nitrogens with zero attached hydrogens (tertiary/aromatic N) is 1. The van der Waals surface area contributed by atoms with Crippen LogP contribution in [-0.4, -0.2) is 44.9 Å². The number of halogens is 1. The van der Waals surface area contributed by atoms with Crippen LogP contribution in [-0.2, 0) is 4.74 Å². The summed E-state index contributed by atoms with van der Waals surface area (Å²) in [7, 11) is 4.02. The molecule has 3 heteroatoms. The number of quaternary nitrogens is 1. The summed E-state index contributed by atoms with van der Waals surface area (Å²) in [5.74, 6) is 0. The first-order valence-corrected chi connectivity index (χ1v) is 4.01. The second-order valence-electron chi connectivity index (χ2n) is 2.97. The topological polar surface area (TPSA) is 9.23 Å². The summed E-state index contributed by atoms with van der Waals surface area (Å²) in [5.41, 5.74) is 0. The van der Waals surface area contributed by atoms with Crippen LogP contribution in [0.2, 0.25) is 0 Å². The van der Waals surface area contributed by atoms with Crippen molar-refractivity contribution in [2.75, 3.05) is 40.4 Å².